The predicted octanol–water partition coefficient (Wildman–Crippen LogP) is 3.01. The Bertz CT molecular complexity index is 540. The summed E-state index contributed by atoms with van der Waals surface area (Å²) < 4.78 is 0. The fourth-order valence-electron chi connectivity index (χ4n) is 1.67. The van der Waals surface area contributed by atoms with Gasteiger partial charge in [-0.2, -0.15) is 11.3 Å². The van der Waals surface area contributed by atoms with Crippen LogP contribution >= 0.6 is 11.3 Å². The van der Waals surface area contributed by atoms with Crippen LogP contribution in [0.15, 0.2) is 29.1 Å². The normalized spacial score (nSPS) is 10.3. The fourth-order valence-corrected chi connectivity index (χ4v) is 2.37. The summed E-state index contributed by atoms with van der Waals surface area (Å²) in [5, 5.41) is 18.1. The van der Waals surface area contributed by atoms with E-state index in [-0.39, 0.29) is 5.69 Å². The first-order valence-corrected chi connectivity index (χ1v) is 6.47. The molecule has 0 atom stereocenters. The van der Waals surface area contributed by atoms with E-state index < -0.39 is 4.92 Å². The van der Waals surface area contributed by atoms with Crippen LogP contribution in [0.3, 0.4) is 0 Å². The van der Waals surface area contributed by atoms with Crippen molar-refractivity contribution >= 4 is 22.8 Å². The number of anilines is 1. The Kier molecular flexibility index (Phi) is 3.88. The number of hydrogen-bond donors (Lipinski definition) is 1. The van der Waals surface area contributed by atoms with Crippen molar-refractivity contribution in [1.29, 1.82) is 0 Å². The van der Waals surface area contributed by atoms with Gasteiger partial charge in [0.1, 0.15) is 0 Å². The molecular weight excluding hydrogens is 250 g/mol. The van der Waals surface area contributed by atoms with Gasteiger partial charge in [-0.1, -0.05) is 0 Å². The molecule has 0 spiro atoms. The molecule has 6 heteroatoms. The minimum atomic E-state index is -0.394. The maximum atomic E-state index is 11.0. The predicted molar refractivity (Wildman–Crippen MR) is 72.1 cm³/mol. The second-order valence-corrected chi connectivity index (χ2v) is 4.67. The van der Waals surface area contributed by atoms with Crippen LogP contribution in [-0.2, 0) is 6.42 Å². The van der Waals surface area contributed by atoms with E-state index in [0.717, 1.165) is 6.42 Å². The van der Waals surface area contributed by atoms with Crippen LogP contribution in [0.5, 0.6) is 0 Å². The zero-order chi connectivity index (χ0) is 13.0. The van der Waals surface area contributed by atoms with E-state index in [0.29, 0.717) is 17.9 Å². The summed E-state index contributed by atoms with van der Waals surface area (Å²) in [5.41, 5.74) is 1.90. The topological polar surface area (TPSA) is 68.1 Å². The maximum Gasteiger partial charge on any atom is 0.314 e. The highest BCUT2D eigenvalue weighted by molar-refractivity contribution is 7.07. The molecule has 2 heterocycles. The van der Waals surface area contributed by atoms with Crippen molar-refractivity contribution in [2.24, 2.45) is 0 Å². The Labute approximate surface area is 109 Å². The molecule has 0 amide bonds. The van der Waals surface area contributed by atoms with Crippen molar-refractivity contribution in [3.05, 3.63) is 50.3 Å². The Morgan fingerprint density at radius 1 is 1.50 bits per heavy atom. The molecule has 0 aliphatic heterocycles. The Morgan fingerprint density at radius 3 is 3.00 bits per heavy atom. The lowest BCUT2D eigenvalue weighted by molar-refractivity contribution is -0.384. The van der Waals surface area contributed by atoms with Crippen molar-refractivity contribution < 1.29 is 4.92 Å². The van der Waals surface area contributed by atoms with Gasteiger partial charge in [-0.05, 0) is 41.8 Å². The highest BCUT2D eigenvalue weighted by atomic mass is 32.1. The number of pyridine rings is 1. The van der Waals surface area contributed by atoms with Crippen molar-refractivity contribution in [2.75, 3.05) is 11.9 Å². The lowest BCUT2D eigenvalue weighted by atomic mass is 10.2. The molecule has 18 heavy (non-hydrogen) atoms. The molecule has 2 aromatic rings. The van der Waals surface area contributed by atoms with E-state index in [1.165, 1.54) is 5.56 Å². The molecule has 0 aliphatic rings. The Morgan fingerprint density at radius 2 is 2.33 bits per heavy atom. The fraction of sp³-hybridized carbons (Fsp3) is 0.250. The van der Waals surface area contributed by atoms with Gasteiger partial charge in [0.15, 0.2) is 0 Å². The van der Waals surface area contributed by atoms with Gasteiger partial charge in [0.2, 0.25) is 5.82 Å². The largest absolute Gasteiger partial charge is 0.364 e. The molecule has 2 aromatic heterocycles. The zero-order valence-corrected chi connectivity index (χ0v) is 10.7. The maximum absolute atomic E-state index is 11.0. The Hall–Kier alpha value is -1.95. The van der Waals surface area contributed by atoms with Crippen molar-refractivity contribution in [3.63, 3.8) is 0 Å². The number of aromatic nitrogens is 1. The standard InChI is InChI=1S/C12H13N3O2S/c1-9-2-5-13-12(11(9)15(16)17)14-6-3-10-4-7-18-8-10/h2,4-5,7-8H,3,6H2,1H3,(H,13,14). The van der Waals surface area contributed by atoms with Crippen LogP contribution < -0.4 is 5.32 Å². The second kappa shape index (κ2) is 5.59. The summed E-state index contributed by atoms with van der Waals surface area (Å²) >= 11 is 1.64. The van der Waals surface area contributed by atoms with Crippen LogP contribution in [0.1, 0.15) is 11.1 Å². The van der Waals surface area contributed by atoms with Gasteiger partial charge in [0.05, 0.1) is 4.92 Å². The van der Waals surface area contributed by atoms with Crippen molar-refractivity contribution in [3.8, 4) is 0 Å². The SMILES string of the molecule is Cc1ccnc(NCCc2ccsc2)c1[N+](=O)[O-]. The first kappa shape index (κ1) is 12.5. The molecule has 1 N–H and O–H groups in total. The third-order valence-corrected chi connectivity index (χ3v) is 3.33. The van der Waals surface area contributed by atoms with Gasteiger partial charge in [-0.25, -0.2) is 4.98 Å². The minimum Gasteiger partial charge on any atom is -0.364 e. The van der Waals surface area contributed by atoms with Gasteiger partial charge in [-0.15, -0.1) is 0 Å². The molecule has 0 fully saturated rings. The number of aryl methyl sites for hydroxylation is 1. The van der Waals surface area contributed by atoms with Crippen molar-refractivity contribution in [2.45, 2.75) is 13.3 Å². The summed E-state index contributed by atoms with van der Waals surface area (Å²) in [6.45, 7) is 2.35. The van der Waals surface area contributed by atoms with E-state index in [9.17, 15) is 10.1 Å². The van der Waals surface area contributed by atoms with Crippen LogP contribution in [0.25, 0.3) is 0 Å². The summed E-state index contributed by atoms with van der Waals surface area (Å²) in [6.07, 6.45) is 2.41. The number of thiophene rings is 1. The van der Waals surface area contributed by atoms with E-state index in [4.69, 9.17) is 0 Å². The number of nitro groups is 1. The van der Waals surface area contributed by atoms with E-state index >= 15 is 0 Å². The third kappa shape index (κ3) is 2.84. The lowest BCUT2D eigenvalue weighted by Gasteiger charge is -2.06. The van der Waals surface area contributed by atoms with Gasteiger partial charge in [-0.3, -0.25) is 10.1 Å². The quantitative estimate of drug-likeness (QED) is 0.665. The number of hydrogen-bond acceptors (Lipinski definition) is 5. The zero-order valence-electron chi connectivity index (χ0n) is 9.92. The molecule has 0 saturated heterocycles. The summed E-state index contributed by atoms with van der Waals surface area (Å²) in [4.78, 5) is 14.6. The van der Waals surface area contributed by atoms with Gasteiger partial charge in [0.25, 0.3) is 0 Å². The first-order valence-electron chi connectivity index (χ1n) is 5.53. The number of nitrogens with zero attached hydrogens (tertiary/aromatic N) is 2. The average molecular weight is 263 g/mol. The highest BCUT2D eigenvalue weighted by Crippen LogP contribution is 2.25. The van der Waals surface area contributed by atoms with E-state index in [1.54, 1.807) is 30.5 Å². The average Bonchev–Trinajstić information content (AvgIpc) is 2.81. The smallest absolute Gasteiger partial charge is 0.314 e. The molecule has 0 radical (unpaired) electrons. The van der Waals surface area contributed by atoms with Gasteiger partial charge < -0.3 is 5.32 Å². The second-order valence-electron chi connectivity index (χ2n) is 3.89. The molecular formula is C12H13N3O2S. The summed E-state index contributed by atoms with van der Waals surface area (Å²) in [7, 11) is 0. The number of rotatable bonds is 5. The van der Waals surface area contributed by atoms with Crippen LogP contribution in [0, 0.1) is 17.0 Å². The van der Waals surface area contributed by atoms with Crippen LogP contribution in [0.2, 0.25) is 0 Å². The van der Waals surface area contributed by atoms with E-state index in [1.807, 2.05) is 11.4 Å². The monoisotopic (exact) mass is 263 g/mol. The van der Waals surface area contributed by atoms with Gasteiger partial charge >= 0.3 is 5.69 Å². The summed E-state index contributed by atoms with van der Waals surface area (Å²) in [5.74, 6) is 0.343. The first-order chi connectivity index (χ1) is 8.68. The number of nitrogens with one attached hydrogen (secondary N) is 1. The Balaban J connectivity index is 2.05. The molecule has 0 bridgehead atoms. The van der Waals surface area contributed by atoms with Gasteiger partial charge in [0, 0.05) is 18.3 Å². The van der Waals surface area contributed by atoms with Crippen LogP contribution in [-0.4, -0.2) is 16.5 Å². The molecule has 0 unspecified atom stereocenters. The molecule has 0 saturated carbocycles. The minimum absolute atomic E-state index is 0.0582. The van der Waals surface area contributed by atoms with Crippen molar-refractivity contribution in [1.82, 2.24) is 4.98 Å². The van der Waals surface area contributed by atoms with Crippen LogP contribution in [0.4, 0.5) is 11.5 Å². The lowest BCUT2D eigenvalue weighted by Crippen LogP contribution is -2.08. The molecule has 0 aromatic carbocycles. The van der Waals surface area contributed by atoms with E-state index in [2.05, 4.69) is 15.7 Å². The highest BCUT2D eigenvalue weighted by Gasteiger charge is 2.17. The molecule has 0 aliphatic carbocycles. The molecule has 2 rings (SSSR count). The summed E-state index contributed by atoms with van der Waals surface area (Å²) in [6, 6.07) is 3.69. The molecule has 5 nitrogen and oxygen atoms in total. The molecule has 94 valence electrons. The third-order valence-electron chi connectivity index (χ3n) is 2.59.